The molecule has 0 radical (unpaired) electrons. The van der Waals surface area contributed by atoms with E-state index in [-0.39, 0.29) is 5.82 Å². The highest BCUT2D eigenvalue weighted by Gasteiger charge is 2.15. The number of pyridine rings is 1. The molecule has 0 aliphatic rings. The number of rotatable bonds is 4. The van der Waals surface area contributed by atoms with Gasteiger partial charge in [0.2, 0.25) is 5.82 Å². The fourth-order valence-electron chi connectivity index (χ4n) is 3.12. The van der Waals surface area contributed by atoms with Gasteiger partial charge in [-0.1, -0.05) is 6.07 Å². The largest absolute Gasteiger partial charge is 0.307 e. The molecule has 1 amide bonds. The molecule has 0 spiro atoms. The summed E-state index contributed by atoms with van der Waals surface area (Å²) in [5.41, 5.74) is 9.43. The molecule has 142 valence electrons. The molecule has 0 aliphatic heterocycles. The molecule has 9 heteroatoms. The number of imidazole rings is 1. The zero-order valence-electron chi connectivity index (χ0n) is 14.9. The van der Waals surface area contributed by atoms with Crippen molar-refractivity contribution in [1.82, 2.24) is 30.6 Å². The first-order valence-corrected chi connectivity index (χ1v) is 8.77. The van der Waals surface area contributed by atoms with Crippen LogP contribution in [0.3, 0.4) is 0 Å². The molecule has 2 aromatic carbocycles. The van der Waals surface area contributed by atoms with Gasteiger partial charge in [-0.3, -0.25) is 25.7 Å². The van der Waals surface area contributed by atoms with Crippen LogP contribution in [0.5, 0.6) is 0 Å². The van der Waals surface area contributed by atoms with Gasteiger partial charge in [-0.2, -0.15) is 0 Å². The summed E-state index contributed by atoms with van der Waals surface area (Å²) >= 11 is 0. The van der Waals surface area contributed by atoms with Crippen LogP contribution in [0.25, 0.3) is 33.2 Å². The van der Waals surface area contributed by atoms with Crippen LogP contribution in [0.2, 0.25) is 0 Å². The number of hydrogen-bond acceptors (Lipinski definition) is 5. The first-order chi connectivity index (χ1) is 14.2. The maximum absolute atomic E-state index is 13.2. The van der Waals surface area contributed by atoms with Gasteiger partial charge in [-0.05, 0) is 42.5 Å². The SMILES string of the molecule is O=C(NNc1cccc(F)c1)c1nc2cc3[nH][nH]c(-c4ccncc4)c3cc2n1. The molecule has 3 aromatic heterocycles. The lowest BCUT2D eigenvalue weighted by molar-refractivity contribution is 0.0953. The first-order valence-electron chi connectivity index (χ1n) is 8.77. The minimum atomic E-state index is -0.518. The molecule has 0 aliphatic carbocycles. The van der Waals surface area contributed by atoms with Crippen LogP contribution >= 0.6 is 0 Å². The number of carbonyl (C=O) groups is 1. The predicted octanol–water partition coefficient (Wildman–Crippen LogP) is 3.40. The van der Waals surface area contributed by atoms with Crippen molar-refractivity contribution in [2.24, 2.45) is 0 Å². The van der Waals surface area contributed by atoms with Crippen molar-refractivity contribution >= 4 is 33.5 Å². The van der Waals surface area contributed by atoms with Crippen LogP contribution in [0, 0.1) is 5.82 Å². The number of anilines is 1. The number of nitrogens with zero attached hydrogens (tertiary/aromatic N) is 3. The second-order valence-electron chi connectivity index (χ2n) is 6.38. The first kappa shape index (κ1) is 16.9. The average molecular weight is 387 g/mol. The molecule has 0 atom stereocenters. The third-order valence-electron chi connectivity index (χ3n) is 4.48. The quantitative estimate of drug-likeness (QED) is 0.353. The van der Waals surface area contributed by atoms with E-state index in [9.17, 15) is 9.18 Å². The van der Waals surface area contributed by atoms with E-state index in [0.717, 1.165) is 22.2 Å². The van der Waals surface area contributed by atoms with Crippen molar-refractivity contribution in [1.29, 1.82) is 0 Å². The number of H-pyrrole nitrogens is 2. The summed E-state index contributed by atoms with van der Waals surface area (Å²) in [5, 5.41) is 7.18. The number of halogens is 1. The van der Waals surface area contributed by atoms with E-state index in [2.05, 4.69) is 36.0 Å². The van der Waals surface area contributed by atoms with Gasteiger partial charge in [0.15, 0.2) is 0 Å². The lowest BCUT2D eigenvalue weighted by Crippen LogP contribution is -2.30. The standard InChI is InChI=1S/C20H14FN7O/c21-12-2-1-3-13(8-12)25-28-20(29)19-23-16-9-14-15(10-17(16)24-19)26-27-18(14)11-4-6-22-7-5-11/h1-10,25-27H,(H,28,29). The van der Waals surface area contributed by atoms with Crippen molar-refractivity contribution in [3.05, 3.63) is 72.6 Å². The van der Waals surface area contributed by atoms with Gasteiger partial charge in [0.05, 0.1) is 27.9 Å². The molecule has 4 N–H and O–H groups in total. The summed E-state index contributed by atoms with van der Waals surface area (Å²) < 4.78 is 13.2. The number of fused-ring (bicyclic) bond motifs is 2. The van der Waals surface area contributed by atoms with Crippen molar-refractivity contribution in [2.75, 3.05) is 5.43 Å². The van der Waals surface area contributed by atoms with Crippen LogP contribution in [0.15, 0.2) is 60.9 Å². The maximum Gasteiger partial charge on any atom is 0.307 e. The maximum atomic E-state index is 13.2. The van der Waals surface area contributed by atoms with Gasteiger partial charge in [0.1, 0.15) is 5.82 Å². The molecule has 0 fully saturated rings. The van der Waals surface area contributed by atoms with E-state index >= 15 is 0 Å². The van der Waals surface area contributed by atoms with E-state index in [1.165, 1.54) is 18.2 Å². The van der Waals surface area contributed by atoms with Crippen molar-refractivity contribution in [2.45, 2.75) is 0 Å². The number of benzene rings is 2. The van der Waals surface area contributed by atoms with Crippen LogP contribution in [0.1, 0.15) is 10.6 Å². The van der Waals surface area contributed by atoms with Crippen LogP contribution in [-0.2, 0) is 0 Å². The zero-order chi connectivity index (χ0) is 19.8. The van der Waals surface area contributed by atoms with Crippen molar-refractivity contribution < 1.29 is 9.18 Å². The Balaban J connectivity index is 1.44. The van der Waals surface area contributed by atoms with E-state index in [4.69, 9.17) is 0 Å². The van der Waals surface area contributed by atoms with Crippen molar-refractivity contribution in [3.8, 4) is 11.3 Å². The number of nitrogens with one attached hydrogen (secondary N) is 4. The summed E-state index contributed by atoms with van der Waals surface area (Å²) in [5.74, 6) is -0.905. The van der Waals surface area contributed by atoms with Gasteiger partial charge in [-0.15, -0.1) is 0 Å². The highest BCUT2D eigenvalue weighted by molar-refractivity contribution is 6.02. The van der Waals surface area contributed by atoms with Gasteiger partial charge in [0.25, 0.3) is 0 Å². The Morgan fingerprint density at radius 2 is 1.76 bits per heavy atom. The van der Waals surface area contributed by atoms with E-state index in [1.54, 1.807) is 18.5 Å². The third kappa shape index (κ3) is 3.14. The topological polar surface area (TPSA) is 111 Å². The Bertz CT molecular complexity index is 1340. The summed E-state index contributed by atoms with van der Waals surface area (Å²) in [6.07, 6.45) is 3.44. The number of hydrazine groups is 1. The summed E-state index contributed by atoms with van der Waals surface area (Å²) in [6.45, 7) is 0. The number of aromatic amines is 2. The van der Waals surface area contributed by atoms with Gasteiger partial charge in [-0.25, -0.2) is 14.4 Å². The fourth-order valence-corrected chi connectivity index (χ4v) is 3.12. The molecular weight excluding hydrogens is 373 g/mol. The Labute approximate surface area is 163 Å². The molecule has 8 nitrogen and oxygen atoms in total. The lowest BCUT2D eigenvalue weighted by Gasteiger charge is -2.06. The Kier molecular flexibility index (Phi) is 3.91. The molecule has 5 aromatic rings. The van der Waals surface area contributed by atoms with Crippen LogP contribution < -0.4 is 10.9 Å². The number of hydrogen-bond donors (Lipinski definition) is 4. The number of amides is 1. The second kappa shape index (κ2) is 6.71. The van der Waals surface area contributed by atoms with Gasteiger partial charge < -0.3 is 5.10 Å². The van der Waals surface area contributed by atoms with E-state index < -0.39 is 11.7 Å². The molecular formula is C20H14FN7O. The smallest absolute Gasteiger partial charge is 0.300 e. The minimum Gasteiger partial charge on any atom is -0.300 e. The molecule has 0 unspecified atom stereocenters. The third-order valence-corrected chi connectivity index (χ3v) is 4.48. The Morgan fingerprint density at radius 1 is 0.966 bits per heavy atom. The number of aromatic nitrogens is 5. The molecule has 0 bridgehead atoms. The molecule has 0 saturated heterocycles. The lowest BCUT2D eigenvalue weighted by atomic mass is 10.1. The van der Waals surface area contributed by atoms with E-state index in [0.29, 0.717) is 16.7 Å². The van der Waals surface area contributed by atoms with Crippen LogP contribution in [0.4, 0.5) is 10.1 Å². The van der Waals surface area contributed by atoms with Crippen LogP contribution in [-0.4, -0.2) is 31.1 Å². The normalized spacial score (nSPS) is 11.1. The van der Waals surface area contributed by atoms with E-state index in [1.807, 2.05) is 24.3 Å². The molecule has 29 heavy (non-hydrogen) atoms. The fraction of sp³-hybridized carbons (Fsp3) is 0. The zero-order valence-corrected chi connectivity index (χ0v) is 14.9. The second-order valence-corrected chi connectivity index (χ2v) is 6.38. The predicted molar refractivity (Wildman–Crippen MR) is 106 cm³/mol. The summed E-state index contributed by atoms with van der Waals surface area (Å²) in [6, 6.07) is 13.3. The minimum absolute atomic E-state index is 0.0194. The monoisotopic (exact) mass is 387 g/mol. The highest BCUT2D eigenvalue weighted by Crippen LogP contribution is 2.28. The molecule has 0 saturated carbocycles. The van der Waals surface area contributed by atoms with Gasteiger partial charge in [0, 0.05) is 23.3 Å². The summed E-state index contributed by atoms with van der Waals surface area (Å²) in [4.78, 5) is 25.0. The average Bonchev–Trinajstić information content (AvgIpc) is 3.34. The van der Waals surface area contributed by atoms with Crippen molar-refractivity contribution in [3.63, 3.8) is 0 Å². The molecule has 3 heterocycles. The Hall–Kier alpha value is -4.27. The number of carbonyl (C=O) groups excluding carboxylic acids is 1. The molecule has 5 rings (SSSR count). The highest BCUT2D eigenvalue weighted by atomic mass is 19.1. The Morgan fingerprint density at radius 3 is 2.55 bits per heavy atom. The van der Waals surface area contributed by atoms with Gasteiger partial charge >= 0.3 is 5.91 Å². The summed E-state index contributed by atoms with van der Waals surface area (Å²) in [7, 11) is 0.